The average molecular weight is 193 g/mol. The summed E-state index contributed by atoms with van der Waals surface area (Å²) in [5.41, 5.74) is 0. The maximum absolute atomic E-state index is 4.30. The van der Waals surface area contributed by atoms with Crippen LogP contribution in [0, 0.1) is 5.92 Å². The molecule has 1 atom stereocenters. The molecule has 1 heterocycles. The van der Waals surface area contributed by atoms with Crippen molar-refractivity contribution in [2.24, 2.45) is 13.0 Å². The van der Waals surface area contributed by atoms with Gasteiger partial charge in [-0.05, 0) is 25.7 Å². The third kappa shape index (κ3) is 2.35. The highest BCUT2D eigenvalue weighted by molar-refractivity contribution is 4.92. The molecule has 1 fully saturated rings. The molecule has 78 valence electrons. The Morgan fingerprint density at radius 3 is 3.00 bits per heavy atom. The summed E-state index contributed by atoms with van der Waals surface area (Å²) in [7, 11) is 2.05. The smallest absolute Gasteiger partial charge is 0.109 e. The molecule has 0 bridgehead atoms. The monoisotopic (exact) mass is 193 g/mol. The highest BCUT2D eigenvalue weighted by atomic mass is 15.0. The Kier molecular flexibility index (Phi) is 2.87. The van der Waals surface area contributed by atoms with Gasteiger partial charge in [0.05, 0.1) is 0 Å². The van der Waals surface area contributed by atoms with Crippen molar-refractivity contribution in [3.8, 4) is 0 Å². The Labute approximate surface area is 85.5 Å². The molecule has 1 saturated carbocycles. The fourth-order valence-corrected chi connectivity index (χ4v) is 1.81. The van der Waals surface area contributed by atoms with Crippen molar-refractivity contribution < 1.29 is 0 Å². The van der Waals surface area contributed by atoms with Gasteiger partial charge >= 0.3 is 0 Å². The molecule has 3 nitrogen and oxygen atoms in total. The SMILES string of the molecule is CC(NCCc1nccn1C)C1CC1. The second-order valence-electron chi connectivity index (χ2n) is 4.28. The number of nitrogens with zero attached hydrogens (tertiary/aromatic N) is 2. The van der Waals surface area contributed by atoms with Crippen molar-refractivity contribution in [1.29, 1.82) is 0 Å². The van der Waals surface area contributed by atoms with Crippen LogP contribution >= 0.6 is 0 Å². The van der Waals surface area contributed by atoms with Crippen molar-refractivity contribution in [2.45, 2.75) is 32.2 Å². The van der Waals surface area contributed by atoms with Crippen molar-refractivity contribution >= 4 is 0 Å². The van der Waals surface area contributed by atoms with E-state index in [-0.39, 0.29) is 0 Å². The van der Waals surface area contributed by atoms with E-state index < -0.39 is 0 Å². The van der Waals surface area contributed by atoms with E-state index in [1.807, 2.05) is 19.4 Å². The topological polar surface area (TPSA) is 29.9 Å². The van der Waals surface area contributed by atoms with Gasteiger partial charge in [0.15, 0.2) is 0 Å². The fraction of sp³-hybridized carbons (Fsp3) is 0.727. The molecule has 3 heteroatoms. The Balaban J connectivity index is 1.69. The molecular weight excluding hydrogens is 174 g/mol. The van der Waals surface area contributed by atoms with Gasteiger partial charge in [0.25, 0.3) is 0 Å². The largest absolute Gasteiger partial charge is 0.338 e. The first-order chi connectivity index (χ1) is 6.77. The lowest BCUT2D eigenvalue weighted by Gasteiger charge is -2.11. The van der Waals surface area contributed by atoms with Gasteiger partial charge < -0.3 is 9.88 Å². The minimum atomic E-state index is 0.690. The molecule has 1 aromatic heterocycles. The van der Waals surface area contributed by atoms with Crippen LogP contribution in [0.3, 0.4) is 0 Å². The molecule has 1 aromatic rings. The van der Waals surface area contributed by atoms with E-state index in [2.05, 4.69) is 21.8 Å². The van der Waals surface area contributed by atoms with Crippen LogP contribution in [0.15, 0.2) is 12.4 Å². The van der Waals surface area contributed by atoms with Crippen molar-refractivity contribution in [1.82, 2.24) is 14.9 Å². The normalized spacial score (nSPS) is 18.4. The lowest BCUT2D eigenvalue weighted by molar-refractivity contribution is 0.495. The molecule has 0 saturated heterocycles. The van der Waals surface area contributed by atoms with E-state index in [1.54, 1.807) is 0 Å². The predicted octanol–water partition coefficient (Wildman–Crippen LogP) is 1.35. The number of hydrogen-bond acceptors (Lipinski definition) is 2. The first-order valence-electron chi connectivity index (χ1n) is 5.47. The van der Waals surface area contributed by atoms with E-state index in [0.717, 1.165) is 18.9 Å². The van der Waals surface area contributed by atoms with E-state index in [4.69, 9.17) is 0 Å². The molecule has 1 N–H and O–H groups in total. The Hall–Kier alpha value is -0.830. The molecule has 0 spiro atoms. The van der Waals surface area contributed by atoms with Gasteiger partial charge in [-0.1, -0.05) is 0 Å². The number of aryl methyl sites for hydroxylation is 1. The zero-order valence-corrected chi connectivity index (χ0v) is 9.03. The average Bonchev–Trinajstić information content (AvgIpc) is 2.93. The summed E-state index contributed by atoms with van der Waals surface area (Å²) in [6, 6.07) is 0.690. The van der Waals surface area contributed by atoms with Gasteiger partial charge in [0.1, 0.15) is 5.82 Å². The Morgan fingerprint density at radius 1 is 1.64 bits per heavy atom. The Morgan fingerprint density at radius 2 is 2.43 bits per heavy atom. The van der Waals surface area contributed by atoms with Gasteiger partial charge in [-0.25, -0.2) is 4.98 Å². The van der Waals surface area contributed by atoms with E-state index in [9.17, 15) is 0 Å². The first-order valence-corrected chi connectivity index (χ1v) is 5.47. The zero-order chi connectivity index (χ0) is 9.97. The van der Waals surface area contributed by atoms with Crippen LogP contribution in [0.5, 0.6) is 0 Å². The minimum absolute atomic E-state index is 0.690. The van der Waals surface area contributed by atoms with Crippen molar-refractivity contribution in [3.63, 3.8) is 0 Å². The summed E-state index contributed by atoms with van der Waals surface area (Å²) >= 11 is 0. The standard InChI is InChI=1S/C11H19N3/c1-9(10-3-4-10)12-6-5-11-13-7-8-14(11)2/h7-10,12H,3-6H2,1-2H3. The summed E-state index contributed by atoms with van der Waals surface area (Å²) in [5.74, 6) is 2.11. The summed E-state index contributed by atoms with van der Waals surface area (Å²) < 4.78 is 2.09. The highest BCUT2D eigenvalue weighted by Crippen LogP contribution is 2.32. The quantitative estimate of drug-likeness (QED) is 0.765. The molecule has 0 aliphatic heterocycles. The van der Waals surface area contributed by atoms with Crippen LogP contribution < -0.4 is 5.32 Å². The van der Waals surface area contributed by atoms with E-state index in [1.165, 1.54) is 18.7 Å². The maximum Gasteiger partial charge on any atom is 0.109 e. The van der Waals surface area contributed by atoms with Gasteiger partial charge in [0, 0.05) is 38.4 Å². The number of rotatable bonds is 5. The summed E-state index contributed by atoms with van der Waals surface area (Å²) in [5, 5.41) is 3.56. The van der Waals surface area contributed by atoms with Gasteiger partial charge in [0.2, 0.25) is 0 Å². The summed E-state index contributed by atoms with van der Waals surface area (Å²) in [4.78, 5) is 4.30. The molecule has 2 rings (SSSR count). The number of aromatic nitrogens is 2. The molecular formula is C11H19N3. The number of nitrogens with one attached hydrogen (secondary N) is 1. The first kappa shape index (κ1) is 9.71. The van der Waals surface area contributed by atoms with Gasteiger partial charge in [-0.2, -0.15) is 0 Å². The molecule has 0 amide bonds. The molecule has 1 unspecified atom stereocenters. The molecule has 0 aromatic carbocycles. The van der Waals surface area contributed by atoms with Crippen LogP contribution in [-0.4, -0.2) is 22.1 Å². The lowest BCUT2D eigenvalue weighted by atomic mass is 10.2. The summed E-state index contributed by atoms with van der Waals surface area (Å²) in [6.07, 6.45) is 7.72. The second-order valence-corrected chi connectivity index (χ2v) is 4.28. The fourth-order valence-electron chi connectivity index (χ4n) is 1.81. The molecule has 14 heavy (non-hydrogen) atoms. The van der Waals surface area contributed by atoms with E-state index >= 15 is 0 Å². The lowest BCUT2D eigenvalue weighted by Crippen LogP contribution is -2.30. The van der Waals surface area contributed by atoms with Gasteiger partial charge in [-0.3, -0.25) is 0 Å². The summed E-state index contributed by atoms with van der Waals surface area (Å²) in [6.45, 7) is 3.33. The predicted molar refractivity (Wildman–Crippen MR) is 57.1 cm³/mol. The zero-order valence-electron chi connectivity index (χ0n) is 9.03. The van der Waals surface area contributed by atoms with Crippen LogP contribution in [0.4, 0.5) is 0 Å². The molecule has 0 radical (unpaired) electrons. The maximum atomic E-state index is 4.30. The molecule has 1 aliphatic carbocycles. The van der Waals surface area contributed by atoms with Crippen LogP contribution in [0.2, 0.25) is 0 Å². The highest BCUT2D eigenvalue weighted by Gasteiger charge is 2.27. The third-order valence-electron chi connectivity index (χ3n) is 3.07. The second kappa shape index (κ2) is 4.13. The van der Waals surface area contributed by atoms with E-state index in [0.29, 0.717) is 6.04 Å². The van der Waals surface area contributed by atoms with Crippen LogP contribution in [0.1, 0.15) is 25.6 Å². The number of imidazole rings is 1. The van der Waals surface area contributed by atoms with Crippen LogP contribution in [-0.2, 0) is 13.5 Å². The number of hydrogen-bond donors (Lipinski definition) is 1. The molecule has 1 aliphatic rings. The van der Waals surface area contributed by atoms with Crippen molar-refractivity contribution in [2.75, 3.05) is 6.54 Å². The Bertz CT molecular complexity index is 288. The van der Waals surface area contributed by atoms with Crippen LogP contribution in [0.25, 0.3) is 0 Å². The van der Waals surface area contributed by atoms with Crippen molar-refractivity contribution in [3.05, 3.63) is 18.2 Å². The van der Waals surface area contributed by atoms with Gasteiger partial charge in [-0.15, -0.1) is 0 Å². The third-order valence-corrected chi connectivity index (χ3v) is 3.07. The minimum Gasteiger partial charge on any atom is -0.338 e.